The summed E-state index contributed by atoms with van der Waals surface area (Å²) in [4.78, 5) is 0.587. The number of hydrogen-bond donors (Lipinski definition) is 3. The maximum atomic E-state index is 13.4. The van der Waals surface area contributed by atoms with E-state index in [1.54, 1.807) is 12.1 Å². The molecule has 0 radical (unpaired) electrons. The fourth-order valence-corrected chi connectivity index (χ4v) is 2.11. The van der Waals surface area contributed by atoms with Crippen LogP contribution in [0.4, 0.5) is 4.39 Å². The van der Waals surface area contributed by atoms with Gasteiger partial charge < -0.3 is 10.8 Å². The number of aliphatic hydroxyl groups is 1. The number of rotatable bonds is 4. The molecule has 1 atom stereocenters. The standard InChI is InChI=1S/C10H13FN2OS/c1-6(5-14)15-8-4-2-3-7(11)9(8)10(12)13/h2-4,6,14H,5H2,1H3,(H3,12,13). The molecule has 0 fully saturated rings. The first kappa shape index (κ1) is 12.0. The molecule has 0 aliphatic carbocycles. The zero-order valence-corrected chi connectivity index (χ0v) is 9.14. The zero-order chi connectivity index (χ0) is 11.4. The van der Waals surface area contributed by atoms with E-state index in [1.165, 1.54) is 17.8 Å². The first-order chi connectivity index (χ1) is 7.06. The van der Waals surface area contributed by atoms with E-state index in [0.29, 0.717) is 4.90 Å². The van der Waals surface area contributed by atoms with E-state index < -0.39 is 5.82 Å². The molecule has 1 aromatic rings. The molecule has 0 saturated carbocycles. The first-order valence-corrected chi connectivity index (χ1v) is 5.34. The smallest absolute Gasteiger partial charge is 0.135 e. The Morgan fingerprint density at radius 1 is 1.67 bits per heavy atom. The van der Waals surface area contributed by atoms with Crippen LogP contribution in [-0.4, -0.2) is 22.8 Å². The monoisotopic (exact) mass is 228 g/mol. The number of halogens is 1. The third kappa shape index (κ3) is 2.94. The van der Waals surface area contributed by atoms with Gasteiger partial charge in [-0.15, -0.1) is 11.8 Å². The van der Waals surface area contributed by atoms with Crippen LogP contribution in [0.3, 0.4) is 0 Å². The van der Waals surface area contributed by atoms with Crippen molar-refractivity contribution >= 4 is 17.6 Å². The third-order valence-electron chi connectivity index (χ3n) is 1.83. The second-order valence-electron chi connectivity index (χ2n) is 3.14. The molecule has 0 aromatic heterocycles. The molecule has 1 aromatic carbocycles. The number of amidine groups is 1. The molecular formula is C10H13FN2OS. The molecule has 0 amide bonds. The minimum absolute atomic E-state index is 0.00146. The molecule has 82 valence electrons. The minimum Gasteiger partial charge on any atom is -0.395 e. The van der Waals surface area contributed by atoms with Crippen LogP contribution >= 0.6 is 11.8 Å². The molecule has 4 N–H and O–H groups in total. The first-order valence-electron chi connectivity index (χ1n) is 4.46. The summed E-state index contributed by atoms with van der Waals surface area (Å²) in [5.41, 5.74) is 5.41. The van der Waals surface area contributed by atoms with Crippen molar-refractivity contribution in [1.82, 2.24) is 0 Å². The molecule has 0 saturated heterocycles. The van der Waals surface area contributed by atoms with Gasteiger partial charge in [0.05, 0.1) is 12.2 Å². The van der Waals surface area contributed by atoms with Crippen LogP contribution in [0.15, 0.2) is 23.1 Å². The maximum Gasteiger partial charge on any atom is 0.135 e. The van der Waals surface area contributed by atoms with Crippen molar-refractivity contribution in [3.05, 3.63) is 29.6 Å². The second kappa shape index (κ2) is 5.14. The van der Waals surface area contributed by atoms with Crippen LogP contribution in [0, 0.1) is 11.2 Å². The molecule has 0 aliphatic heterocycles. The number of nitrogens with one attached hydrogen (secondary N) is 1. The molecule has 3 nitrogen and oxygen atoms in total. The zero-order valence-electron chi connectivity index (χ0n) is 8.33. The molecule has 0 heterocycles. The number of nitrogen functional groups attached to an aromatic ring is 1. The molecule has 0 bridgehead atoms. The summed E-state index contributed by atoms with van der Waals surface area (Å²) in [6.07, 6.45) is 0. The van der Waals surface area contributed by atoms with Crippen LogP contribution in [0.25, 0.3) is 0 Å². The summed E-state index contributed by atoms with van der Waals surface area (Å²) in [6, 6.07) is 4.52. The van der Waals surface area contributed by atoms with Crippen LogP contribution in [0.1, 0.15) is 12.5 Å². The SMILES string of the molecule is CC(CO)Sc1cccc(F)c1C(=N)N. The van der Waals surface area contributed by atoms with Crippen molar-refractivity contribution in [2.45, 2.75) is 17.1 Å². The third-order valence-corrected chi connectivity index (χ3v) is 2.98. The maximum absolute atomic E-state index is 13.4. The van der Waals surface area contributed by atoms with Gasteiger partial charge in [0.2, 0.25) is 0 Å². The Morgan fingerprint density at radius 2 is 2.33 bits per heavy atom. The Bertz CT molecular complexity index is 370. The van der Waals surface area contributed by atoms with E-state index in [4.69, 9.17) is 16.2 Å². The average molecular weight is 228 g/mol. The van der Waals surface area contributed by atoms with Crippen molar-refractivity contribution in [3.8, 4) is 0 Å². The Labute approximate surface area is 92.0 Å². The lowest BCUT2D eigenvalue weighted by molar-refractivity contribution is 0.300. The predicted octanol–water partition coefficient (Wildman–Crippen LogP) is 1.58. The summed E-state index contributed by atoms with van der Waals surface area (Å²) in [5.74, 6) is -0.793. The quantitative estimate of drug-likeness (QED) is 0.416. The number of aliphatic hydroxyl groups excluding tert-OH is 1. The van der Waals surface area contributed by atoms with Crippen molar-refractivity contribution in [1.29, 1.82) is 5.41 Å². The van der Waals surface area contributed by atoms with Crippen molar-refractivity contribution < 1.29 is 9.50 Å². The summed E-state index contributed by atoms with van der Waals surface area (Å²) in [6.45, 7) is 1.82. The van der Waals surface area contributed by atoms with Gasteiger partial charge in [-0.2, -0.15) is 0 Å². The van der Waals surface area contributed by atoms with Gasteiger partial charge >= 0.3 is 0 Å². The Kier molecular flexibility index (Phi) is 4.11. The van der Waals surface area contributed by atoms with Gasteiger partial charge in [-0.05, 0) is 12.1 Å². The fourth-order valence-electron chi connectivity index (χ4n) is 1.12. The Hall–Kier alpha value is -1.07. The summed E-state index contributed by atoms with van der Waals surface area (Å²) in [5, 5.41) is 16.1. The van der Waals surface area contributed by atoms with Crippen molar-refractivity contribution in [2.24, 2.45) is 5.73 Å². The summed E-state index contributed by atoms with van der Waals surface area (Å²) < 4.78 is 13.4. The lowest BCUT2D eigenvalue weighted by Crippen LogP contribution is -2.15. The van der Waals surface area contributed by atoms with Gasteiger partial charge in [-0.25, -0.2) is 4.39 Å². The highest BCUT2D eigenvalue weighted by Gasteiger charge is 2.13. The molecule has 1 rings (SSSR count). The number of thioether (sulfide) groups is 1. The second-order valence-corrected chi connectivity index (χ2v) is 4.62. The molecule has 0 aliphatic rings. The van der Waals surface area contributed by atoms with Gasteiger partial charge in [0.1, 0.15) is 11.7 Å². The van der Waals surface area contributed by atoms with Crippen LogP contribution < -0.4 is 5.73 Å². The molecular weight excluding hydrogens is 215 g/mol. The fraction of sp³-hybridized carbons (Fsp3) is 0.300. The van der Waals surface area contributed by atoms with Gasteiger partial charge in [-0.1, -0.05) is 13.0 Å². The Morgan fingerprint density at radius 3 is 2.87 bits per heavy atom. The molecule has 0 spiro atoms. The number of nitrogens with two attached hydrogens (primary N) is 1. The van der Waals surface area contributed by atoms with Crippen LogP contribution in [-0.2, 0) is 0 Å². The Balaban J connectivity index is 3.06. The number of benzene rings is 1. The van der Waals surface area contributed by atoms with E-state index in [2.05, 4.69) is 0 Å². The molecule has 5 heteroatoms. The van der Waals surface area contributed by atoms with E-state index >= 15 is 0 Å². The van der Waals surface area contributed by atoms with E-state index in [0.717, 1.165) is 0 Å². The van der Waals surface area contributed by atoms with Crippen LogP contribution in [0.2, 0.25) is 0 Å². The summed E-state index contributed by atoms with van der Waals surface area (Å²) in [7, 11) is 0. The largest absolute Gasteiger partial charge is 0.395 e. The summed E-state index contributed by atoms with van der Waals surface area (Å²) >= 11 is 1.30. The molecule has 1 unspecified atom stereocenters. The van der Waals surface area contributed by atoms with Gasteiger partial charge in [0, 0.05) is 10.1 Å². The highest BCUT2D eigenvalue weighted by atomic mass is 32.2. The lowest BCUT2D eigenvalue weighted by Gasteiger charge is -2.12. The highest BCUT2D eigenvalue weighted by molar-refractivity contribution is 8.00. The van der Waals surface area contributed by atoms with Crippen molar-refractivity contribution in [2.75, 3.05) is 6.61 Å². The topological polar surface area (TPSA) is 70.1 Å². The lowest BCUT2D eigenvalue weighted by atomic mass is 10.2. The highest BCUT2D eigenvalue weighted by Crippen LogP contribution is 2.27. The van der Waals surface area contributed by atoms with Crippen LogP contribution in [0.5, 0.6) is 0 Å². The number of hydrogen-bond acceptors (Lipinski definition) is 3. The molecule has 15 heavy (non-hydrogen) atoms. The predicted molar refractivity (Wildman–Crippen MR) is 59.8 cm³/mol. The van der Waals surface area contributed by atoms with Gasteiger partial charge in [0.15, 0.2) is 0 Å². The van der Waals surface area contributed by atoms with Gasteiger partial charge in [-0.3, -0.25) is 5.41 Å². The van der Waals surface area contributed by atoms with E-state index in [-0.39, 0.29) is 23.3 Å². The minimum atomic E-state index is -0.502. The van der Waals surface area contributed by atoms with Gasteiger partial charge in [0.25, 0.3) is 0 Å². The van der Waals surface area contributed by atoms with Crippen molar-refractivity contribution in [3.63, 3.8) is 0 Å². The average Bonchev–Trinajstić information content (AvgIpc) is 2.17. The van der Waals surface area contributed by atoms with E-state index in [9.17, 15) is 4.39 Å². The van der Waals surface area contributed by atoms with E-state index in [1.807, 2.05) is 6.92 Å². The normalized spacial score (nSPS) is 12.5.